The first-order chi connectivity index (χ1) is 19.9. The Hall–Kier alpha value is -5.17. The van der Waals surface area contributed by atoms with E-state index in [0.29, 0.717) is 28.0 Å². The number of ketones is 3. The predicted octanol–water partition coefficient (Wildman–Crippen LogP) is 5.32. The maximum atomic E-state index is 14.6. The number of fused-ring (bicyclic) bond motifs is 5. The molecule has 1 spiro atoms. The number of hydrogen-bond donors (Lipinski definition) is 0. The van der Waals surface area contributed by atoms with E-state index in [1.165, 1.54) is 6.92 Å². The first-order valence-electron chi connectivity index (χ1n) is 13.4. The molecule has 0 radical (unpaired) electrons. The lowest BCUT2D eigenvalue weighted by atomic mass is 9.64. The highest BCUT2D eigenvalue weighted by atomic mass is 16.5. The van der Waals surface area contributed by atoms with Crippen LogP contribution in [0.5, 0.6) is 5.75 Å². The molecule has 4 aromatic rings. The maximum absolute atomic E-state index is 14.6. The molecule has 7 nitrogen and oxygen atoms in total. The fourth-order valence-electron chi connectivity index (χ4n) is 6.87. The molecule has 1 aromatic heterocycles. The summed E-state index contributed by atoms with van der Waals surface area (Å²) in [6.45, 7) is 1.31. The molecule has 3 aromatic carbocycles. The van der Waals surface area contributed by atoms with E-state index in [1.54, 1.807) is 67.0 Å². The highest BCUT2D eigenvalue weighted by molar-refractivity contribution is 6.32. The topological polar surface area (TPSA) is 93.6 Å². The summed E-state index contributed by atoms with van der Waals surface area (Å²) in [5.41, 5.74) is 1.85. The van der Waals surface area contributed by atoms with E-state index in [4.69, 9.17) is 4.74 Å². The van der Waals surface area contributed by atoms with Crippen molar-refractivity contribution in [3.05, 3.63) is 131 Å². The SMILES string of the molecule is CC(=O)Oc1ccc(C(=O)[C@@H]2[C@@H](c3cccnc3)C3(C(=O)c4ccccc4C3=O)[C@H]3C=Cc4ccccc4N23)cc1. The zero-order valence-electron chi connectivity index (χ0n) is 22.1. The summed E-state index contributed by atoms with van der Waals surface area (Å²) in [7, 11) is 0. The monoisotopic (exact) mass is 540 g/mol. The predicted molar refractivity (Wildman–Crippen MR) is 152 cm³/mol. The number of para-hydroxylation sites is 1. The van der Waals surface area contributed by atoms with Gasteiger partial charge in [0.05, 0.1) is 6.04 Å². The average molecular weight is 541 g/mol. The number of rotatable bonds is 4. The molecule has 200 valence electrons. The third-order valence-corrected chi connectivity index (χ3v) is 8.43. The molecule has 0 saturated carbocycles. The third kappa shape index (κ3) is 3.48. The number of anilines is 1. The van der Waals surface area contributed by atoms with Crippen molar-refractivity contribution in [2.75, 3.05) is 4.90 Å². The van der Waals surface area contributed by atoms with Gasteiger partial charge in [0.15, 0.2) is 17.3 Å². The molecule has 7 heteroatoms. The number of Topliss-reactive ketones (excluding diaryl/α,β-unsaturated/α-hetero) is 3. The number of esters is 1. The molecule has 3 aliphatic rings. The molecule has 0 unspecified atom stereocenters. The fraction of sp³-hybridized carbons (Fsp3) is 0.147. The van der Waals surface area contributed by atoms with Crippen LogP contribution in [-0.4, -0.2) is 40.4 Å². The first-order valence-corrected chi connectivity index (χ1v) is 13.4. The number of aromatic nitrogens is 1. The molecular weight excluding hydrogens is 516 g/mol. The molecule has 7 rings (SSSR count). The normalized spacial score (nSPS) is 21.4. The second-order valence-electron chi connectivity index (χ2n) is 10.5. The minimum Gasteiger partial charge on any atom is -0.427 e. The summed E-state index contributed by atoms with van der Waals surface area (Å²) in [4.78, 5) is 61.5. The van der Waals surface area contributed by atoms with Crippen LogP contribution in [0.4, 0.5) is 5.69 Å². The van der Waals surface area contributed by atoms with Gasteiger partial charge in [-0.3, -0.25) is 24.2 Å². The van der Waals surface area contributed by atoms with E-state index >= 15 is 0 Å². The lowest BCUT2D eigenvalue weighted by Gasteiger charge is -2.37. The molecular formula is C34H24N2O5. The standard InChI is InChI=1S/C34H24N2O5/c1-20(37)41-24-15-12-22(13-16-24)31(38)30-29(23-8-6-18-35-19-23)34(32(39)25-9-3-4-10-26(25)33(34)40)28-17-14-21-7-2-5-11-27(21)36(28)30/h2-19,28-30H,1H3/t28-,29-,30+/m1/s1. The van der Waals surface area contributed by atoms with Crippen LogP contribution in [0.2, 0.25) is 0 Å². The zero-order valence-corrected chi connectivity index (χ0v) is 22.1. The average Bonchev–Trinajstić information content (AvgIpc) is 3.43. The Bertz CT molecular complexity index is 1740. The minimum absolute atomic E-state index is 0.253. The van der Waals surface area contributed by atoms with Crippen molar-refractivity contribution in [3.8, 4) is 5.75 Å². The largest absolute Gasteiger partial charge is 0.427 e. The van der Waals surface area contributed by atoms with Crippen LogP contribution in [0.15, 0.2) is 103 Å². The van der Waals surface area contributed by atoms with Crippen molar-refractivity contribution in [3.63, 3.8) is 0 Å². The van der Waals surface area contributed by atoms with Crippen molar-refractivity contribution in [2.24, 2.45) is 5.41 Å². The number of carbonyl (C=O) groups excluding carboxylic acids is 4. The second-order valence-corrected chi connectivity index (χ2v) is 10.5. The molecule has 2 aliphatic heterocycles. The molecule has 3 atom stereocenters. The Balaban J connectivity index is 1.48. The van der Waals surface area contributed by atoms with E-state index in [1.807, 2.05) is 47.4 Å². The van der Waals surface area contributed by atoms with Crippen LogP contribution in [0.25, 0.3) is 6.08 Å². The number of carbonyl (C=O) groups is 4. The number of nitrogens with zero attached hydrogens (tertiary/aromatic N) is 2. The molecule has 1 aliphatic carbocycles. The first kappa shape index (κ1) is 24.8. The van der Waals surface area contributed by atoms with Crippen LogP contribution in [0.1, 0.15) is 55.0 Å². The van der Waals surface area contributed by atoms with Gasteiger partial charge in [-0.25, -0.2) is 0 Å². The van der Waals surface area contributed by atoms with Gasteiger partial charge in [-0.05, 0) is 47.5 Å². The van der Waals surface area contributed by atoms with Crippen molar-refractivity contribution in [1.82, 2.24) is 4.98 Å². The van der Waals surface area contributed by atoms with E-state index in [-0.39, 0.29) is 17.3 Å². The van der Waals surface area contributed by atoms with Crippen LogP contribution in [0.3, 0.4) is 0 Å². The van der Waals surface area contributed by atoms with E-state index in [9.17, 15) is 19.2 Å². The summed E-state index contributed by atoms with van der Waals surface area (Å²) < 4.78 is 5.17. The Morgan fingerprint density at radius 3 is 2.20 bits per heavy atom. The van der Waals surface area contributed by atoms with Gasteiger partial charge in [-0.15, -0.1) is 0 Å². The summed E-state index contributed by atoms with van der Waals surface area (Å²) in [6.07, 6.45) is 7.10. The van der Waals surface area contributed by atoms with Crippen molar-refractivity contribution < 1.29 is 23.9 Å². The Labute approximate surface area is 236 Å². The van der Waals surface area contributed by atoms with Gasteiger partial charge in [0.1, 0.15) is 17.2 Å². The van der Waals surface area contributed by atoms with Gasteiger partial charge in [0.2, 0.25) is 0 Å². The molecule has 0 N–H and O–H groups in total. The smallest absolute Gasteiger partial charge is 0.308 e. The number of pyridine rings is 1. The van der Waals surface area contributed by atoms with Crippen LogP contribution in [0, 0.1) is 5.41 Å². The van der Waals surface area contributed by atoms with Crippen molar-refractivity contribution in [1.29, 1.82) is 0 Å². The van der Waals surface area contributed by atoms with Crippen LogP contribution >= 0.6 is 0 Å². The molecule has 41 heavy (non-hydrogen) atoms. The lowest BCUT2D eigenvalue weighted by molar-refractivity contribution is -0.131. The van der Waals surface area contributed by atoms with Gasteiger partial charge < -0.3 is 9.64 Å². The second kappa shape index (κ2) is 9.20. The highest BCUT2D eigenvalue weighted by Gasteiger charge is 2.71. The molecule has 0 amide bonds. The highest BCUT2D eigenvalue weighted by Crippen LogP contribution is 2.60. The van der Waals surface area contributed by atoms with Gasteiger partial charge in [0, 0.05) is 47.6 Å². The Kier molecular flexibility index (Phi) is 5.57. The Morgan fingerprint density at radius 1 is 0.854 bits per heavy atom. The molecule has 1 saturated heterocycles. The summed E-state index contributed by atoms with van der Waals surface area (Å²) in [5.74, 6) is -1.79. The number of hydrogen-bond acceptors (Lipinski definition) is 7. The third-order valence-electron chi connectivity index (χ3n) is 8.43. The molecule has 0 bridgehead atoms. The maximum Gasteiger partial charge on any atom is 0.308 e. The van der Waals surface area contributed by atoms with Gasteiger partial charge in [0.25, 0.3) is 0 Å². The van der Waals surface area contributed by atoms with Crippen LogP contribution in [-0.2, 0) is 4.79 Å². The number of ether oxygens (including phenoxy) is 1. The summed E-state index contributed by atoms with van der Waals surface area (Å²) in [5, 5.41) is 0. The van der Waals surface area contributed by atoms with Crippen molar-refractivity contribution in [2.45, 2.75) is 24.9 Å². The van der Waals surface area contributed by atoms with Crippen molar-refractivity contribution >= 4 is 35.1 Å². The minimum atomic E-state index is -1.57. The molecule has 1 fully saturated rings. The van der Waals surface area contributed by atoms with Crippen LogP contribution < -0.4 is 9.64 Å². The Morgan fingerprint density at radius 2 is 1.54 bits per heavy atom. The lowest BCUT2D eigenvalue weighted by Crippen LogP contribution is -2.48. The summed E-state index contributed by atoms with van der Waals surface area (Å²) >= 11 is 0. The van der Waals surface area contributed by atoms with Gasteiger partial charge in [-0.1, -0.05) is 60.7 Å². The van der Waals surface area contributed by atoms with Gasteiger partial charge >= 0.3 is 5.97 Å². The summed E-state index contributed by atoms with van der Waals surface area (Å²) in [6, 6.07) is 22.9. The molecule has 3 heterocycles. The fourth-order valence-corrected chi connectivity index (χ4v) is 6.87. The van der Waals surface area contributed by atoms with E-state index < -0.39 is 29.4 Å². The van der Waals surface area contributed by atoms with Gasteiger partial charge in [-0.2, -0.15) is 0 Å². The van der Waals surface area contributed by atoms with E-state index in [0.717, 1.165) is 11.3 Å². The quantitative estimate of drug-likeness (QED) is 0.150. The number of benzene rings is 3. The van der Waals surface area contributed by atoms with E-state index in [2.05, 4.69) is 4.98 Å². The zero-order chi connectivity index (χ0) is 28.3.